The van der Waals surface area contributed by atoms with Crippen molar-refractivity contribution in [1.29, 1.82) is 0 Å². The lowest BCUT2D eigenvalue weighted by molar-refractivity contribution is 0.174. The van der Waals surface area contributed by atoms with Gasteiger partial charge in [0.15, 0.2) is 0 Å². The molecule has 0 N–H and O–H groups in total. The Morgan fingerprint density at radius 1 is 1.27 bits per heavy atom. The van der Waals surface area contributed by atoms with E-state index in [1.165, 1.54) is 17.5 Å². The van der Waals surface area contributed by atoms with Gasteiger partial charge in [-0.3, -0.25) is 4.90 Å². The molecule has 82 valence electrons. The molecule has 0 aromatic heterocycles. The van der Waals surface area contributed by atoms with Crippen molar-refractivity contribution in [3.63, 3.8) is 0 Å². The third-order valence-electron chi connectivity index (χ3n) is 3.19. The van der Waals surface area contributed by atoms with Crippen LogP contribution in [0, 0.1) is 0 Å². The summed E-state index contributed by atoms with van der Waals surface area (Å²) in [5.74, 6) is 0. The molecule has 1 aliphatic heterocycles. The molecule has 1 heterocycles. The Morgan fingerprint density at radius 3 is 2.60 bits per heavy atom. The smallest absolute Gasteiger partial charge is 0.0263 e. The lowest BCUT2D eigenvalue weighted by Crippen LogP contribution is -2.43. The highest BCUT2D eigenvalue weighted by Gasteiger charge is 2.22. The first-order chi connectivity index (χ1) is 7.16. The maximum Gasteiger partial charge on any atom is 0.0263 e. The van der Waals surface area contributed by atoms with Crippen LogP contribution < -0.4 is 0 Å². The fourth-order valence-electron chi connectivity index (χ4n) is 2.34. The van der Waals surface area contributed by atoms with Gasteiger partial charge >= 0.3 is 0 Å². The molecule has 1 aromatic carbocycles. The minimum absolute atomic E-state index is 0.662. The third-order valence-corrected chi connectivity index (χ3v) is 3.19. The van der Waals surface area contributed by atoms with E-state index in [1.54, 1.807) is 0 Å². The average Bonchev–Trinajstić information content (AvgIpc) is 2.18. The zero-order valence-corrected chi connectivity index (χ0v) is 9.90. The predicted molar refractivity (Wildman–Crippen MR) is 64.0 cm³/mol. The van der Waals surface area contributed by atoms with Gasteiger partial charge in [0, 0.05) is 19.1 Å². The zero-order chi connectivity index (χ0) is 10.8. The minimum atomic E-state index is 0.662. The SMILES string of the molecule is CN(C)CC1Cc2ccccc2CN1C. The van der Waals surface area contributed by atoms with E-state index in [1.807, 2.05) is 0 Å². The quantitative estimate of drug-likeness (QED) is 0.722. The van der Waals surface area contributed by atoms with E-state index in [-0.39, 0.29) is 0 Å². The van der Waals surface area contributed by atoms with Gasteiger partial charge in [0.25, 0.3) is 0 Å². The fraction of sp³-hybridized carbons (Fsp3) is 0.538. The van der Waals surface area contributed by atoms with Crippen LogP contribution in [0.2, 0.25) is 0 Å². The van der Waals surface area contributed by atoms with Crippen molar-refractivity contribution in [2.75, 3.05) is 27.7 Å². The molecule has 0 aliphatic carbocycles. The highest BCUT2D eigenvalue weighted by Crippen LogP contribution is 2.21. The van der Waals surface area contributed by atoms with Crippen LogP contribution in [0.25, 0.3) is 0 Å². The summed E-state index contributed by atoms with van der Waals surface area (Å²) in [5.41, 5.74) is 3.03. The standard InChI is InChI=1S/C13H20N2/c1-14(2)10-13-8-11-6-4-5-7-12(11)9-15(13)3/h4-7,13H,8-10H2,1-3H3. The van der Waals surface area contributed by atoms with Crippen molar-refractivity contribution in [3.8, 4) is 0 Å². The Morgan fingerprint density at radius 2 is 1.93 bits per heavy atom. The molecule has 15 heavy (non-hydrogen) atoms. The fourth-order valence-corrected chi connectivity index (χ4v) is 2.34. The monoisotopic (exact) mass is 204 g/mol. The summed E-state index contributed by atoms with van der Waals surface area (Å²) in [6.07, 6.45) is 1.19. The Hall–Kier alpha value is -0.860. The van der Waals surface area contributed by atoms with Gasteiger partial charge in [-0.1, -0.05) is 24.3 Å². The van der Waals surface area contributed by atoms with E-state index >= 15 is 0 Å². The number of benzene rings is 1. The molecule has 0 saturated heterocycles. The van der Waals surface area contributed by atoms with Crippen LogP contribution in [0.5, 0.6) is 0 Å². The Labute approximate surface area is 92.5 Å². The molecule has 0 bridgehead atoms. The number of hydrogen-bond acceptors (Lipinski definition) is 2. The number of rotatable bonds is 2. The summed E-state index contributed by atoms with van der Waals surface area (Å²) in [5, 5.41) is 0. The normalized spacial score (nSPS) is 21.7. The molecule has 0 saturated carbocycles. The van der Waals surface area contributed by atoms with E-state index < -0.39 is 0 Å². The first-order valence-electron chi connectivity index (χ1n) is 5.58. The molecule has 2 rings (SSSR count). The van der Waals surface area contributed by atoms with Crippen molar-refractivity contribution in [2.24, 2.45) is 0 Å². The van der Waals surface area contributed by atoms with E-state index in [0.717, 1.165) is 13.1 Å². The van der Waals surface area contributed by atoms with E-state index in [0.29, 0.717) is 6.04 Å². The van der Waals surface area contributed by atoms with Gasteiger partial charge < -0.3 is 4.90 Å². The van der Waals surface area contributed by atoms with E-state index in [4.69, 9.17) is 0 Å². The third kappa shape index (κ3) is 2.39. The van der Waals surface area contributed by atoms with Crippen molar-refractivity contribution in [3.05, 3.63) is 35.4 Å². The van der Waals surface area contributed by atoms with Crippen molar-refractivity contribution in [2.45, 2.75) is 19.0 Å². The number of nitrogens with zero attached hydrogens (tertiary/aromatic N) is 2. The molecule has 1 aromatic rings. The molecule has 0 radical (unpaired) electrons. The molecular formula is C13H20N2. The lowest BCUT2D eigenvalue weighted by atomic mass is 9.94. The largest absolute Gasteiger partial charge is 0.308 e. The average molecular weight is 204 g/mol. The van der Waals surface area contributed by atoms with Crippen molar-refractivity contribution >= 4 is 0 Å². The van der Waals surface area contributed by atoms with Gasteiger partial charge in [0.2, 0.25) is 0 Å². The molecule has 0 amide bonds. The summed E-state index contributed by atoms with van der Waals surface area (Å²) in [4.78, 5) is 4.73. The van der Waals surface area contributed by atoms with Crippen LogP contribution >= 0.6 is 0 Å². The van der Waals surface area contributed by atoms with E-state index in [2.05, 4.69) is 55.2 Å². The van der Waals surface area contributed by atoms with Crippen molar-refractivity contribution in [1.82, 2.24) is 9.80 Å². The summed E-state index contributed by atoms with van der Waals surface area (Å²) < 4.78 is 0. The second-order valence-corrected chi connectivity index (χ2v) is 4.80. The highest BCUT2D eigenvalue weighted by molar-refractivity contribution is 5.30. The maximum absolute atomic E-state index is 2.46. The van der Waals surface area contributed by atoms with Gasteiger partial charge in [0.05, 0.1) is 0 Å². The van der Waals surface area contributed by atoms with Crippen LogP contribution in [0.4, 0.5) is 0 Å². The van der Waals surface area contributed by atoms with Crippen LogP contribution in [0.15, 0.2) is 24.3 Å². The molecule has 1 unspecified atom stereocenters. The predicted octanol–water partition coefficient (Wildman–Crippen LogP) is 1.60. The Balaban J connectivity index is 2.14. The molecule has 2 nitrogen and oxygen atoms in total. The molecule has 1 aliphatic rings. The van der Waals surface area contributed by atoms with Gasteiger partial charge in [-0.05, 0) is 38.7 Å². The van der Waals surface area contributed by atoms with Crippen LogP contribution in [-0.4, -0.2) is 43.5 Å². The molecule has 0 spiro atoms. The summed E-state index contributed by atoms with van der Waals surface area (Å²) in [6.45, 7) is 2.24. The highest BCUT2D eigenvalue weighted by atomic mass is 15.2. The van der Waals surface area contributed by atoms with Crippen molar-refractivity contribution < 1.29 is 0 Å². The number of hydrogen-bond donors (Lipinski definition) is 0. The Kier molecular flexibility index (Phi) is 3.08. The van der Waals surface area contributed by atoms with Gasteiger partial charge in [0.1, 0.15) is 0 Å². The lowest BCUT2D eigenvalue weighted by Gasteiger charge is -2.35. The van der Waals surface area contributed by atoms with Gasteiger partial charge in [-0.25, -0.2) is 0 Å². The summed E-state index contributed by atoms with van der Waals surface area (Å²) in [7, 11) is 6.52. The minimum Gasteiger partial charge on any atom is -0.308 e. The second kappa shape index (κ2) is 4.33. The molecule has 1 atom stereocenters. The topological polar surface area (TPSA) is 6.48 Å². The van der Waals surface area contributed by atoms with Gasteiger partial charge in [-0.2, -0.15) is 0 Å². The Bertz CT molecular complexity index is 333. The molecule has 0 fully saturated rings. The molecule has 2 heteroatoms. The number of fused-ring (bicyclic) bond motifs is 1. The first-order valence-corrected chi connectivity index (χ1v) is 5.58. The van der Waals surface area contributed by atoms with Gasteiger partial charge in [-0.15, -0.1) is 0 Å². The number of likely N-dealkylation sites (N-methyl/N-ethyl adjacent to an activating group) is 2. The summed E-state index contributed by atoms with van der Waals surface area (Å²) >= 11 is 0. The molecular weight excluding hydrogens is 184 g/mol. The van der Waals surface area contributed by atoms with E-state index in [9.17, 15) is 0 Å². The first kappa shape index (κ1) is 10.7. The zero-order valence-electron chi connectivity index (χ0n) is 9.90. The maximum atomic E-state index is 2.46. The second-order valence-electron chi connectivity index (χ2n) is 4.80. The summed E-state index contributed by atoms with van der Waals surface area (Å²) in [6, 6.07) is 9.47. The van der Waals surface area contributed by atoms with Crippen LogP contribution in [-0.2, 0) is 13.0 Å². The van der Waals surface area contributed by atoms with Crippen LogP contribution in [0.3, 0.4) is 0 Å². The van der Waals surface area contributed by atoms with Crippen LogP contribution in [0.1, 0.15) is 11.1 Å².